The van der Waals surface area contributed by atoms with Crippen molar-refractivity contribution >= 4 is 27.7 Å². The largest absolute Gasteiger partial charge is 0.449 e. The van der Waals surface area contributed by atoms with Gasteiger partial charge in [0.25, 0.3) is 5.91 Å². The van der Waals surface area contributed by atoms with E-state index in [9.17, 15) is 49.1 Å². The minimum absolute atomic E-state index is 0.219. The van der Waals surface area contributed by atoms with E-state index in [1.165, 1.54) is 0 Å². The summed E-state index contributed by atoms with van der Waals surface area (Å²) in [6, 6.07) is -0.321. The number of hydrogen-bond donors (Lipinski definition) is 1. The van der Waals surface area contributed by atoms with E-state index in [4.69, 9.17) is 4.74 Å². The molecule has 1 atom stereocenters. The smallest absolute Gasteiger partial charge is 0.444 e. The van der Waals surface area contributed by atoms with Crippen molar-refractivity contribution in [1.82, 2.24) is 24.7 Å². The monoisotopic (exact) mass is 667 g/mol. The zero-order valence-corrected chi connectivity index (χ0v) is 25.3. The highest BCUT2D eigenvalue weighted by molar-refractivity contribution is 7.91. The van der Waals surface area contributed by atoms with Crippen LogP contribution in [0.1, 0.15) is 54.8 Å². The normalized spacial score (nSPS) is 17.4. The molecular weight excluding hydrogens is 636 g/mol. The van der Waals surface area contributed by atoms with Gasteiger partial charge in [0.1, 0.15) is 11.4 Å². The first-order valence-electron chi connectivity index (χ1n) is 13.8. The van der Waals surface area contributed by atoms with Crippen LogP contribution in [-0.4, -0.2) is 88.5 Å². The maximum atomic E-state index is 14.5. The quantitative estimate of drug-likeness (QED) is 0.370. The third kappa shape index (κ3) is 8.26. The summed E-state index contributed by atoms with van der Waals surface area (Å²) < 4.78 is 113. The highest BCUT2D eigenvalue weighted by Gasteiger charge is 2.43. The number of alkyl carbamates (subject to hydrolysis) is 1. The van der Waals surface area contributed by atoms with Crippen LogP contribution in [0.3, 0.4) is 0 Å². The number of aromatic nitrogens is 2. The third-order valence-electron chi connectivity index (χ3n) is 7.14. The molecule has 3 amide bonds. The van der Waals surface area contributed by atoms with E-state index >= 15 is 0 Å². The topological polar surface area (TPSA) is 131 Å². The molecule has 11 nitrogen and oxygen atoms in total. The fourth-order valence-electron chi connectivity index (χ4n) is 5.01. The average Bonchev–Trinajstić information content (AvgIpc) is 3.30. The molecule has 18 heteroatoms. The van der Waals surface area contributed by atoms with Crippen molar-refractivity contribution in [3.63, 3.8) is 0 Å². The Kier molecular flexibility index (Phi) is 9.47. The van der Waals surface area contributed by atoms with Crippen LogP contribution in [0.5, 0.6) is 0 Å². The molecule has 0 bridgehead atoms. The molecule has 45 heavy (non-hydrogen) atoms. The molecule has 1 aromatic carbocycles. The number of hydrogen-bond acceptors (Lipinski definition) is 7. The van der Waals surface area contributed by atoms with Crippen molar-refractivity contribution in [2.45, 2.75) is 64.5 Å². The zero-order valence-electron chi connectivity index (χ0n) is 24.5. The second kappa shape index (κ2) is 12.5. The lowest BCUT2D eigenvalue weighted by atomic mass is 10.0. The van der Waals surface area contributed by atoms with Gasteiger partial charge in [-0.15, -0.1) is 0 Å². The molecule has 248 valence electrons. The molecule has 3 heterocycles. The summed E-state index contributed by atoms with van der Waals surface area (Å²) in [5, 5.41) is 2.41. The van der Waals surface area contributed by atoms with Crippen LogP contribution in [0.4, 0.5) is 31.1 Å². The number of fused-ring (bicyclic) bond motifs is 1. The molecule has 2 aromatic rings. The van der Waals surface area contributed by atoms with E-state index in [0.29, 0.717) is 12.1 Å². The Bertz CT molecular complexity index is 1590. The first-order valence-corrected chi connectivity index (χ1v) is 15.6. The number of rotatable bonds is 6. The predicted octanol–water partition coefficient (Wildman–Crippen LogP) is 3.06. The van der Waals surface area contributed by atoms with Crippen molar-refractivity contribution in [2.24, 2.45) is 0 Å². The Balaban J connectivity index is 1.59. The molecule has 1 saturated heterocycles. The van der Waals surface area contributed by atoms with E-state index < -0.39 is 100 Å². The van der Waals surface area contributed by atoms with E-state index in [-0.39, 0.29) is 42.4 Å². The molecule has 0 unspecified atom stereocenters. The Labute approximate surface area is 254 Å². The van der Waals surface area contributed by atoms with Gasteiger partial charge in [0, 0.05) is 44.7 Å². The Morgan fingerprint density at radius 3 is 2.18 bits per heavy atom. The number of carbonyl (C=O) groups is 3. The van der Waals surface area contributed by atoms with Gasteiger partial charge in [0.15, 0.2) is 27.2 Å². The van der Waals surface area contributed by atoms with Crippen LogP contribution in [0, 0.1) is 17.5 Å². The van der Waals surface area contributed by atoms with Gasteiger partial charge >= 0.3 is 12.3 Å². The van der Waals surface area contributed by atoms with E-state index in [0.717, 1.165) is 14.4 Å². The van der Waals surface area contributed by atoms with E-state index in [1.54, 1.807) is 20.8 Å². The highest BCUT2D eigenvalue weighted by Crippen LogP contribution is 2.33. The average molecular weight is 668 g/mol. The lowest BCUT2D eigenvalue weighted by Crippen LogP contribution is -2.46. The van der Waals surface area contributed by atoms with Crippen molar-refractivity contribution in [3.05, 3.63) is 52.4 Å². The number of amides is 3. The van der Waals surface area contributed by atoms with Crippen LogP contribution >= 0.6 is 0 Å². The molecule has 1 aromatic heterocycles. The number of halogens is 6. The molecule has 2 aliphatic heterocycles. The summed E-state index contributed by atoms with van der Waals surface area (Å²) in [5.41, 5.74) is -2.12. The molecule has 1 N–H and O–H groups in total. The number of carbonyl (C=O) groups excluding carboxylic acids is 3. The second-order valence-corrected chi connectivity index (χ2v) is 14.1. The van der Waals surface area contributed by atoms with E-state index in [2.05, 4.69) is 10.3 Å². The van der Waals surface area contributed by atoms with Gasteiger partial charge in [-0.1, -0.05) is 0 Å². The van der Waals surface area contributed by atoms with Crippen LogP contribution in [0.2, 0.25) is 0 Å². The first-order chi connectivity index (χ1) is 20.7. The number of ether oxygens (including phenoxy) is 1. The van der Waals surface area contributed by atoms with Gasteiger partial charge in [0.2, 0.25) is 11.7 Å². The zero-order chi connectivity index (χ0) is 33.5. The van der Waals surface area contributed by atoms with Gasteiger partial charge in [-0.3, -0.25) is 9.59 Å². The van der Waals surface area contributed by atoms with Gasteiger partial charge in [-0.05, 0) is 38.8 Å². The molecule has 2 aliphatic rings. The summed E-state index contributed by atoms with van der Waals surface area (Å²) in [6.45, 7) is 3.08. The second-order valence-electron chi connectivity index (χ2n) is 11.7. The molecule has 0 saturated carbocycles. The van der Waals surface area contributed by atoms with Gasteiger partial charge in [-0.25, -0.2) is 31.4 Å². The molecule has 0 spiro atoms. The number of benzene rings is 1. The molecule has 4 rings (SSSR count). The van der Waals surface area contributed by atoms with Crippen molar-refractivity contribution < 1.29 is 53.9 Å². The van der Waals surface area contributed by atoms with Crippen molar-refractivity contribution in [2.75, 3.05) is 31.1 Å². The SMILES string of the molecule is CC(C)(C)OC(=O)N[C@@H](CC(=O)N1CCn2c(C(F)(F)F)nc(C(=O)N3CCS(=O)(=O)CC3)c2C1)Cc1cc(F)c(F)cc1F. The van der Waals surface area contributed by atoms with Crippen molar-refractivity contribution in [1.29, 1.82) is 0 Å². The number of alkyl halides is 3. The lowest BCUT2D eigenvalue weighted by molar-refractivity contribution is -0.148. The summed E-state index contributed by atoms with van der Waals surface area (Å²) in [6.07, 6.45) is -6.96. The Morgan fingerprint density at radius 1 is 0.956 bits per heavy atom. The maximum absolute atomic E-state index is 14.5. The minimum atomic E-state index is -4.94. The van der Waals surface area contributed by atoms with Gasteiger partial charge < -0.3 is 24.4 Å². The Hall–Kier alpha value is -3.83. The van der Waals surface area contributed by atoms with Crippen LogP contribution < -0.4 is 5.32 Å². The fourth-order valence-corrected chi connectivity index (χ4v) is 6.21. The number of imidazole rings is 1. The van der Waals surface area contributed by atoms with Crippen LogP contribution in [-0.2, 0) is 45.1 Å². The summed E-state index contributed by atoms with van der Waals surface area (Å²) >= 11 is 0. The number of nitrogens with zero attached hydrogens (tertiary/aromatic N) is 4. The predicted molar refractivity (Wildman–Crippen MR) is 145 cm³/mol. The standard InChI is InChI=1S/C27H31F6N5O6S/c1-26(2,3)44-25(41)34-16(10-15-11-18(29)19(30)13-17(15)28)12-21(39)37-4-5-38-20(14-37)22(35-24(38)27(31,32)33)23(40)36-6-8-45(42,43)9-7-36/h11,13,16H,4-10,12,14H2,1-3H3,(H,34,41)/t16-/m1/s1. The van der Waals surface area contributed by atoms with Crippen LogP contribution in [0.25, 0.3) is 0 Å². The maximum Gasteiger partial charge on any atom is 0.449 e. The third-order valence-corrected chi connectivity index (χ3v) is 8.75. The first kappa shape index (κ1) is 34.1. The number of sulfone groups is 1. The van der Waals surface area contributed by atoms with E-state index in [1.807, 2.05) is 0 Å². The Morgan fingerprint density at radius 2 is 1.58 bits per heavy atom. The summed E-state index contributed by atoms with van der Waals surface area (Å²) in [4.78, 5) is 44.9. The number of nitrogens with one attached hydrogen (secondary N) is 1. The fraction of sp³-hybridized carbons (Fsp3) is 0.556. The van der Waals surface area contributed by atoms with Crippen LogP contribution in [0.15, 0.2) is 12.1 Å². The molecule has 1 fully saturated rings. The molecule has 0 aliphatic carbocycles. The van der Waals surface area contributed by atoms with Gasteiger partial charge in [0.05, 0.1) is 23.7 Å². The highest BCUT2D eigenvalue weighted by atomic mass is 32.2. The molecule has 0 radical (unpaired) electrons. The summed E-state index contributed by atoms with van der Waals surface area (Å²) in [7, 11) is -3.40. The summed E-state index contributed by atoms with van der Waals surface area (Å²) in [5.74, 6) is -7.65. The van der Waals surface area contributed by atoms with Gasteiger partial charge in [-0.2, -0.15) is 13.2 Å². The van der Waals surface area contributed by atoms with Crippen molar-refractivity contribution in [3.8, 4) is 0 Å². The lowest BCUT2D eigenvalue weighted by Gasteiger charge is -2.32. The minimum Gasteiger partial charge on any atom is -0.444 e. The molecular formula is C27H31F6N5O6S.